The Bertz CT molecular complexity index is 716. The second kappa shape index (κ2) is 14.2. The van der Waals surface area contributed by atoms with E-state index in [0.29, 0.717) is 19.1 Å². The molecule has 0 aliphatic carbocycles. The van der Waals surface area contributed by atoms with Crippen molar-refractivity contribution in [3.63, 3.8) is 0 Å². The second-order valence-corrected chi connectivity index (χ2v) is 10.0. The molecule has 1 aliphatic rings. The number of guanidine groups is 1. The van der Waals surface area contributed by atoms with Gasteiger partial charge in [0.25, 0.3) is 0 Å². The van der Waals surface area contributed by atoms with Gasteiger partial charge in [-0.3, -0.25) is 14.8 Å². The van der Waals surface area contributed by atoms with Gasteiger partial charge in [-0.2, -0.15) is 0 Å². The summed E-state index contributed by atoms with van der Waals surface area (Å²) in [5.41, 5.74) is 1.32. The van der Waals surface area contributed by atoms with Gasteiger partial charge in [-0.25, -0.2) is 8.42 Å². The maximum absolute atomic E-state index is 11.5. The van der Waals surface area contributed by atoms with E-state index in [1.807, 2.05) is 6.07 Å². The number of halogens is 1. The topological polar surface area (TPSA) is 77.0 Å². The molecule has 1 unspecified atom stereocenters. The predicted molar refractivity (Wildman–Crippen MR) is 136 cm³/mol. The molecule has 172 valence electrons. The molecule has 0 radical (unpaired) electrons. The van der Waals surface area contributed by atoms with Gasteiger partial charge in [0.1, 0.15) is 0 Å². The number of benzene rings is 1. The molecule has 0 saturated carbocycles. The van der Waals surface area contributed by atoms with Crippen LogP contribution in [0.2, 0.25) is 0 Å². The molecule has 1 aromatic rings. The molecule has 2 rings (SSSR count). The van der Waals surface area contributed by atoms with Crippen molar-refractivity contribution < 1.29 is 8.42 Å². The molecular weight excluding hydrogens is 513 g/mol. The third kappa shape index (κ3) is 10.4. The minimum absolute atomic E-state index is 0. The van der Waals surface area contributed by atoms with E-state index in [0.717, 1.165) is 45.1 Å². The minimum atomic E-state index is -2.82. The average Bonchev–Trinajstić information content (AvgIpc) is 2.70. The first kappa shape index (κ1) is 27.1. The number of hydrogen-bond donors (Lipinski definition) is 2. The van der Waals surface area contributed by atoms with Gasteiger partial charge in [-0.05, 0) is 32.9 Å². The van der Waals surface area contributed by atoms with Crippen molar-refractivity contribution in [2.45, 2.75) is 32.9 Å². The van der Waals surface area contributed by atoms with E-state index in [1.165, 1.54) is 5.56 Å². The normalized spacial score (nSPS) is 17.9. The molecule has 9 heteroatoms. The molecule has 1 saturated heterocycles. The Labute approximate surface area is 199 Å². The van der Waals surface area contributed by atoms with Crippen molar-refractivity contribution in [3.05, 3.63) is 35.9 Å². The fraction of sp³-hybridized carbons (Fsp3) is 0.667. The first-order chi connectivity index (χ1) is 13.9. The molecule has 1 heterocycles. The summed E-state index contributed by atoms with van der Waals surface area (Å²) < 4.78 is 23.0. The van der Waals surface area contributed by atoms with Crippen LogP contribution in [0.4, 0.5) is 0 Å². The van der Waals surface area contributed by atoms with Crippen molar-refractivity contribution >= 4 is 39.8 Å². The summed E-state index contributed by atoms with van der Waals surface area (Å²) in [7, 11) is -0.659. The first-order valence-electron chi connectivity index (χ1n) is 10.6. The summed E-state index contributed by atoms with van der Waals surface area (Å²) in [4.78, 5) is 9.25. The summed E-state index contributed by atoms with van der Waals surface area (Å²) in [6.07, 6.45) is 0.990. The van der Waals surface area contributed by atoms with E-state index in [4.69, 9.17) is 4.99 Å². The number of rotatable bonds is 10. The lowest BCUT2D eigenvalue weighted by atomic mass is 10.1. The monoisotopic (exact) mass is 551 g/mol. The van der Waals surface area contributed by atoms with Crippen LogP contribution in [0.15, 0.2) is 35.3 Å². The first-order valence-corrected chi connectivity index (χ1v) is 12.4. The summed E-state index contributed by atoms with van der Waals surface area (Å²) in [6.45, 7) is 9.66. The number of sulfone groups is 1. The lowest BCUT2D eigenvalue weighted by Crippen LogP contribution is -2.46. The Morgan fingerprint density at radius 3 is 2.50 bits per heavy atom. The number of nitrogens with zero attached hydrogens (tertiary/aromatic N) is 3. The van der Waals surface area contributed by atoms with Crippen molar-refractivity contribution in [2.75, 3.05) is 57.8 Å². The number of nitrogens with one attached hydrogen (secondary N) is 2. The van der Waals surface area contributed by atoms with Gasteiger partial charge in [0.2, 0.25) is 0 Å². The smallest absolute Gasteiger partial charge is 0.191 e. The van der Waals surface area contributed by atoms with Crippen LogP contribution in [0.1, 0.15) is 25.8 Å². The van der Waals surface area contributed by atoms with Gasteiger partial charge in [-0.15, -0.1) is 24.0 Å². The zero-order valence-electron chi connectivity index (χ0n) is 18.5. The Morgan fingerprint density at radius 2 is 1.87 bits per heavy atom. The Morgan fingerprint density at radius 1 is 1.20 bits per heavy atom. The fourth-order valence-electron chi connectivity index (χ4n) is 3.26. The zero-order chi connectivity index (χ0) is 21.1. The van der Waals surface area contributed by atoms with Crippen LogP contribution in [0.3, 0.4) is 0 Å². The highest BCUT2D eigenvalue weighted by molar-refractivity contribution is 14.0. The van der Waals surface area contributed by atoms with Gasteiger partial charge in [0.15, 0.2) is 15.8 Å². The molecule has 30 heavy (non-hydrogen) atoms. The third-order valence-corrected chi connectivity index (χ3v) is 6.95. The highest BCUT2D eigenvalue weighted by Gasteiger charge is 2.20. The maximum Gasteiger partial charge on any atom is 0.191 e. The molecule has 0 aromatic heterocycles. The quantitative estimate of drug-likeness (QED) is 0.263. The van der Waals surface area contributed by atoms with Crippen molar-refractivity contribution in [1.82, 2.24) is 20.4 Å². The molecular formula is C21H38IN5O2S. The van der Waals surface area contributed by atoms with Crippen molar-refractivity contribution in [3.8, 4) is 0 Å². The van der Waals surface area contributed by atoms with Crippen molar-refractivity contribution in [2.24, 2.45) is 4.99 Å². The largest absolute Gasteiger partial charge is 0.357 e. The van der Waals surface area contributed by atoms with E-state index in [9.17, 15) is 8.42 Å². The number of aliphatic imine (C=N–C) groups is 1. The zero-order valence-corrected chi connectivity index (χ0v) is 21.7. The van der Waals surface area contributed by atoms with Crippen molar-refractivity contribution in [1.29, 1.82) is 0 Å². The van der Waals surface area contributed by atoms with Crippen LogP contribution < -0.4 is 10.6 Å². The van der Waals surface area contributed by atoms with Crippen LogP contribution in [0.25, 0.3) is 0 Å². The Kier molecular flexibility index (Phi) is 12.8. The highest BCUT2D eigenvalue weighted by atomic mass is 127. The number of hydrogen-bond acceptors (Lipinski definition) is 5. The summed E-state index contributed by atoms with van der Waals surface area (Å²) in [5, 5.41) is 6.65. The molecule has 1 aliphatic heterocycles. The molecule has 7 nitrogen and oxygen atoms in total. The van der Waals surface area contributed by atoms with Gasteiger partial charge in [0, 0.05) is 51.9 Å². The Hall–Kier alpha value is -0.910. The van der Waals surface area contributed by atoms with Gasteiger partial charge >= 0.3 is 0 Å². The van der Waals surface area contributed by atoms with Crippen LogP contribution in [-0.2, 0) is 16.4 Å². The molecule has 0 amide bonds. The molecule has 0 bridgehead atoms. The lowest BCUT2D eigenvalue weighted by molar-refractivity contribution is 0.240. The predicted octanol–water partition coefficient (Wildman–Crippen LogP) is 1.80. The third-order valence-electron chi connectivity index (χ3n) is 5.35. The fourth-order valence-corrected chi connectivity index (χ4v) is 4.54. The van der Waals surface area contributed by atoms with Gasteiger partial charge < -0.3 is 10.6 Å². The molecule has 2 N–H and O–H groups in total. The van der Waals surface area contributed by atoms with E-state index in [-0.39, 0.29) is 35.5 Å². The summed E-state index contributed by atoms with van der Waals surface area (Å²) in [5.74, 6) is 1.38. The standard InChI is InChI=1S/C21H37N5O2S.HI/c1-4-22-21(24-12-13-26-14-16-29(27,28)17-15-26)23-11-10-19(2)25(3)18-20-8-6-5-7-9-20;/h5-9,19H,4,10-18H2,1-3H3,(H2,22,23,24);1H. The molecule has 1 aromatic carbocycles. The van der Waals surface area contributed by atoms with Crippen LogP contribution in [0.5, 0.6) is 0 Å². The van der Waals surface area contributed by atoms with Crippen LogP contribution in [0, 0.1) is 0 Å². The molecule has 1 atom stereocenters. The molecule has 0 spiro atoms. The van der Waals surface area contributed by atoms with Gasteiger partial charge in [0.05, 0.1) is 11.5 Å². The van der Waals surface area contributed by atoms with Gasteiger partial charge in [-0.1, -0.05) is 30.3 Å². The van der Waals surface area contributed by atoms with Crippen LogP contribution in [-0.4, -0.2) is 88.0 Å². The van der Waals surface area contributed by atoms with Crippen LogP contribution >= 0.6 is 24.0 Å². The van der Waals surface area contributed by atoms with E-state index >= 15 is 0 Å². The molecule has 1 fully saturated rings. The lowest BCUT2D eigenvalue weighted by Gasteiger charge is -2.26. The SMILES string of the molecule is CCNC(=NCCC(C)N(C)Cc1ccccc1)NCCN1CCS(=O)(=O)CC1.I. The Balaban J connectivity index is 0.00000450. The van der Waals surface area contributed by atoms with E-state index in [2.05, 4.69) is 65.6 Å². The minimum Gasteiger partial charge on any atom is -0.357 e. The highest BCUT2D eigenvalue weighted by Crippen LogP contribution is 2.08. The summed E-state index contributed by atoms with van der Waals surface area (Å²) >= 11 is 0. The van der Waals surface area contributed by atoms with E-state index in [1.54, 1.807) is 0 Å². The maximum atomic E-state index is 11.5. The second-order valence-electron chi connectivity index (χ2n) is 7.72. The average molecular weight is 552 g/mol. The summed E-state index contributed by atoms with van der Waals surface area (Å²) in [6, 6.07) is 11.0. The van der Waals surface area contributed by atoms with E-state index < -0.39 is 9.84 Å².